The molecule has 19 heavy (non-hydrogen) atoms. The van der Waals surface area contributed by atoms with Gasteiger partial charge < -0.3 is 4.90 Å². The second kappa shape index (κ2) is 7.17. The van der Waals surface area contributed by atoms with E-state index >= 15 is 0 Å². The lowest BCUT2D eigenvalue weighted by Crippen LogP contribution is -2.18. The van der Waals surface area contributed by atoms with Crippen LogP contribution in [-0.2, 0) is 20.7 Å². The fourth-order valence-electron chi connectivity index (χ4n) is 1.79. The zero-order valence-electron chi connectivity index (χ0n) is 11.3. The third-order valence-electron chi connectivity index (χ3n) is 2.62. The number of hydrogen-bond acceptors (Lipinski definition) is 4. The van der Waals surface area contributed by atoms with Crippen molar-refractivity contribution >= 4 is 15.8 Å². The Labute approximate surface area is 115 Å². The lowest BCUT2D eigenvalue weighted by molar-refractivity contribution is 0.316. The van der Waals surface area contributed by atoms with E-state index in [0.717, 1.165) is 23.9 Å². The molecule has 0 atom stereocenters. The Balaban J connectivity index is 2.61. The molecule has 1 rings (SSSR count). The van der Waals surface area contributed by atoms with Gasteiger partial charge in [-0.15, -0.1) is 6.42 Å². The molecule has 0 spiro atoms. The van der Waals surface area contributed by atoms with Crippen molar-refractivity contribution in [2.24, 2.45) is 0 Å². The van der Waals surface area contributed by atoms with Crippen molar-refractivity contribution in [3.63, 3.8) is 0 Å². The SMILES string of the molecule is C#CCN(C)c1ccccc1CCCOS(C)(=O)=O. The Kier molecular flexibility index (Phi) is 5.87. The fraction of sp³-hybridized carbons (Fsp3) is 0.429. The van der Waals surface area contributed by atoms with Crippen LogP contribution in [-0.4, -0.2) is 34.9 Å². The van der Waals surface area contributed by atoms with Crippen molar-refractivity contribution in [3.05, 3.63) is 29.8 Å². The topological polar surface area (TPSA) is 46.6 Å². The van der Waals surface area contributed by atoms with Crippen molar-refractivity contribution in [3.8, 4) is 12.3 Å². The van der Waals surface area contributed by atoms with E-state index in [0.29, 0.717) is 13.0 Å². The smallest absolute Gasteiger partial charge is 0.264 e. The maximum atomic E-state index is 10.9. The minimum Gasteiger partial charge on any atom is -0.363 e. The highest BCUT2D eigenvalue weighted by molar-refractivity contribution is 7.85. The van der Waals surface area contributed by atoms with Gasteiger partial charge in [0.1, 0.15) is 0 Å². The molecule has 0 bridgehead atoms. The van der Waals surface area contributed by atoms with Crippen LogP contribution in [0.2, 0.25) is 0 Å². The van der Waals surface area contributed by atoms with Crippen LogP contribution in [0.4, 0.5) is 5.69 Å². The van der Waals surface area contributed by atoms with Gasteiger partial charge in [0.05, 0.1) is 19.4 Å². The largest absolute Gasteiger partial charge is 0.363 e. The average molecular weight is 281 g/mol. The number of hydrogen-bond donors (Lipinski definition) is 0. The van der Waals surface area contributed by atoms with Gasteiger partial charge >= 0.3 is 0 Å². The maximum absolute atomic E-state index is 10.9. The van der Waals surface area contributed by atoms with Crippen LogP contribution in [0.25, 0.3) is 0 Å². The molecule has 0 N–H and O–H groups in total. The van der Waals surface area contributed by atoms with Crippen LogP contribution in [0.15, 0.2) is 24.3 Å². The van der Waals surface area contributed by atoms with Gasteiger partial charge in [-0.05, 0) is 24.5 Å². The molecule has 0 radical (unpaired) electrons. The highest BCUT2D eigenvalue weighted by Crippen LogP contribution is 2.20. The van der Waals surface area contributed by atoms with Gasteiger partial charge in [-0.3, -0.25) is 4.18 Å². The lowest BCUT2D eigenvalue weighted by atomic mass is 10.1. The zero-order chi connectivity index (χ0) is 14.3. The van der Waals surface area contributed by atoms with Crippen molar-refractivity contribution < 1.29 is 12.6 Å². The second-order valence-corrected chi connectivity index (χ2v) is 5.96. The first-order chi connectivity index (χ1) is 8.94. The summed E-state index contributed by atoms with van der Waals surface area (Å²) in [5.74, 6) is 2.60. The minimum atomic E-state index is -3.35. The van der Waals surface area contributed by atoms with E-state index in [1.165, 1.54) is 0 Å². The number of para-hydroxylation sites is 1. The van der Waals surface area contributed by atoms with Crippen LogP contribution in [0.5, 0.6) is 0 Å². The highest BCUT2D eigenvalue weighted by Gasteiger charge is 2.07. The summed E-state index contributed by atoms with van der Waals surface area (Å²) in [5.41, 5.74) is 2.21. The molecule has 0 aliphatic rings. The van der Waals surface area contributed by atoms with E-state index in [1.54, 1.807) is 0 Å². The molecule has 0 saturated carbocycles. The molecular formula is C14H19NO3S. The molecule has 104 valence electrons. The molecule has 5 heteroatoms. The van der Waals surface area contributed by atoms with E-state index in [9.17, 15) is 8.42 Å². The number of benzene rings is 1. The van der Waals surface area contributed by atoms with Crippen molar-refractivity contribution in [1.82, 2.24) is 0 Å². The number of anilines is 1. The Morgan fingerprint density at radius 3 is 2.68 bits per heavy atom. The van der Waals surface area contributed by atoms with Gasteiger partial charge in [0.2, 0.25) is 0 Å². The van der Waals surface area contributed by atoms with E-state index < -0.39 is 10.1 Å². The quantitative estimate of drug-likeness (QED) is 0.433. The summed E-state index contributed by atoms with van der Waals surface area (Å²) in [4.78, 5) is 1.99. The summed E-state index contributed by atoms with van der Waals surface area (Å²) in [5, 5.41) is 0. The average Bonchev–Trinajstić information content (AvgIpc) is 2.34. The molecule has 0 aliphatic carbocycles. The van der Waals surface area contributed by atoms with Crippen LogP contribution in [0.1, 0.15) is 12.0 Å². The number of nitrogens with zero attached hydrogens (tertiary/aromatic N) is 1. The van der Waals surface area contributed by atoms with Gasteiger partial charge in [0.15, 0.2) is 0 Å². The van der Waals surface area contributed by atoms with Gasteiger partial charge in [0.25, 0.3) is 10.1 Å². The first-order valence-electron chi connectivity index (χ1n) is 6.01. The first-order valence-corrected chi connectivity index (χ1v) is 7.82. The molecule has 0 fully saturated rings. The van der Waals surface area contributed by atoms with Crippen LogP contribution in [0.3, 0.4) is 0 Å². The monoisotopic (exact) mass is 281 g/mol. The molecule has 0 saturated heterocycles. The predicted molar refractivity (Wildman–Crippen MR) is 77.7 cm³/mol. The molecule has 1 aromatic carbocycles. The summed E-state index contributed by atoms with van der Waals surface area (Å²) < 4.78 is 26.4. The molecule has 0 amide bonds. The van der Waals surface area contributed by atoms with Crippen LogP contribution in [0, 0.1) is 12.3 Å². The molecule has 4 nitrogen and oxygen atoms in total. The molecule has 0 aromatic heterocycles. The van der Waals surface area contributed by atoms with Crippen LogP contribution >= 0.6 is 0 Å². The number of aryl methyl sites for hydroxylation is 1. The molecule has 1 aromatic rings. The summed E-state index contributed by atoms with van der Waals surface area (Å²) in [7, 11) is -1.41. The van der Waals surface area contributed by atoms with Gasteiger partial charge in [-0.1, -0.05) is 24.1 Å². The molecule has 0 heterocycles. The predicted octanol–water partition coefficient (Wildman–Crippen LogP) is 1.66. The minimum absolute atomic E-state index is 0.200. The molecular weight excluding hydrogens is 262 g/mol. The Bertz CT molecular complexity index is 546. The first kappa shape index (κ1) is 15.5. The van der Waals surface area contributed by atoms with Gasteiger partial charge in [-0.2, -0.15) is 8.42 Å². The zero-order valence-corrected chi connectivity index (χ0v) is 12.1. The summed E-state index contributed by atoms with van der Waals surface area (Å²) in [6.07, 6.45) is 7.76. The third-order valence-corrected chi connectivity index (χ3v) is 3.21. The number of terminal acetylenes is 1. The molecule has 0 unspecified atom stereocenters. The van der Waals surface area contributed by atoms with E-state index in [-0.39, 0.29) is 6.61 Å². The summed E-state index contributed by atoms with van der Waals surface area (Å²) in [6.45, 7) is 0.739. The van der Waals surface area contributed by atoms with E-state index in [4.69, 9.17) is 10.6 Å². The lowest BCUT2D eigenvalue weighted by Gasteiger charge is -2.20. The fourth-order valence-corrected chi connectivity index (χ4v) is 2.21. The van der Waals surface area contributed by atoms with Crippen molar-refractivity contribution in [2.75, 3.05) is 31.4 Å². The standard InChI is InChI=1S/C14H19NO3S/c1-4-11-15(2)14-10-6-5-8-13(14)9-7-12-18-19(3,16)17/h1,5-6,8,10H,7,9,11-12H2,2-3H3. The molecule has 0 aliphatic heterocycles. The van der Waals surface area contributed by atoms with Gasteiger partial charge in [0, 0.05) is 12.7 Å². The van der Waals surface area contributed by atoms with Gasteiger partial charge in [-0.25, -0.2) is 0 Å². The third kappa shape index (κ3) is 5.77. The van der Waals surface area contributed by atoms with Crippen molar-refractivity contribution in [1.29, 1.82) is 0 Å². The maximum Gasteiger partial charge on any atom is 0.264 e. The normalized spacial score (nSPS) is 11.0. The Hall–Kier alpha value is -1.51. The highest BCUT2D eigenvalue weighted by atomic mass is 32.2. The van der Waals surface area contributed by atoms with E-state index in [1.807, 2.05) is 36.2 Å². The Morgan fingerprint density at radius 2 is 2.05 bits per heavy atom. The Morgan fingerprint density at radius 1 is 1.37 bits per heavy atom. The van der Waals surface area contributed by atoms with Crippen molar-refractivity contribution in [2.45, 2.75) is 12.8 Å². The summed E-state index contributed by atoms with van der Waals surface area (Å²) >= 11 is 0. The summed E-state index contributed by atoms with van der Waals surface area (Å²) in [6, 6.07) is 7.94. The number of rotatable bonds is 7. The van der Waals surface area contributed by atoms with Crippen LogP contribution < -0.4 is 4.90 Å². The second-order valence-electron chi connectivity index (χ2n) is 4.32. The van der Waals surface area contributed by atoms with E-state index in [2.05, 4.69) is 5.92 Å².